The summed E-state index contributed by atoms with van der Waals surface area (Å²) in [5, 5.41) is 19.9. The Bertz CT molecular complexity index is 298. The molecule has 0 aliphatic carbocycles. The van der Waals surface area contributed by atoms with Crippen LogP contribution in [-0.4, -0.2) is 35.1 Å². The van der Waals surface area contributed by atoms with Gasteiger partial charge in [-0.15, -0.1) is 0 Å². The van der Waals surface area contributed by atoms with E-state index in [1.54, 1.807) is 12.2 Å². The van der Waals surface area contributed by atoms with Gasteiger partial charge < -0.3 is 29.6 Å². The molecule has 0 saturated heterocycles. The van der Waals surface area contributed by atoms with Gasteiger partial charge in [0, 0.05) is 25.5 Å². The van der Waals surface area contributed by atoms with Crippen molar-refractivity contribution in [1.82, 2.24) is 9.80 Å². The van der Waals surface area contributed by atoms with Gasteiger partial charge in [0.1, 0.15) is 12.2 Å². The molecule has 7 heteroatoms. The molecule has 97 valence electrons. The minimum atomic E-state index is -1.11. The number of rotatable bonds is 0. The summed E-state index contributed by atoms with van der Waals surface area (Å²) in [5.41, 5.74) is 0. The Balaban J connectivity index is 0.000000284. The fraction of sp³-hybridized carbons (Fsp3) is 0.400. The van der Waals surface area contributed by atoms with Gasteiger partial charge in [-0.3, -0.25) is 0 Å². The summed E-state index contributed by atoms with van der Waals surface area (Å²) in [6.45, 7) is 1.12. The monoisotopic (exact) mass is 287 g/mol. The average molecular weight is 288 g/mol. The van der Waals surface area contributed by atoms with E-state index in [1.807, 2.05) is 0 Å². The Labute approximate surface area is 110 Å². The van der Waals surface area contributed by atoms with Gasteiger partial charge in [0.15, 0.2) is 0 Å². The maximum absolute atomic E-state index is 9.97. The molecule has 17 heavy (non-hydrogen) atoms. The third kappa shape index (κ3) is 5.42. The largest absolute Gasteiger partial charge is 2.00 e. The van der Waals surface area contributed by atoms with Gasteiger partial charge >= 0.3 is 17.1 Å². The normalized spacial score (nSPS) is 16.2. The quantitative estimate of drug-likeness (QED) is 0.540. The van der Waals surface area contributed by atoms with E-state index in [2.05, 4.69) is 0 Å². The summed E-state index contributed by atoms with van der Waals surface area (Å²) in [5.74, 6) is 0. The van der Waals surface area contributed by atoms with Crippen molar-refractivity contribution in [3.05, 3.63) is 24.6 Å². The summed E-state index contributed by atoms with van der Waals surface area (Å²) in [6, 6.07) is 0. The molecule has 0 N–H and O–H groups in total. The second kappa shape index (κ2) is 7.75. The van der Waals surface area contributed by atoms with Crippen LogP contribution in [0.3, 0.4) is 0 Å². The molecule has 0 aromatic rings. The molecule has 6 nitrogen and oxygen atoms in total. The zero-order valence-electron chi connectivity index (χ0n) is 8.97. The maximum Gasteiger partial charge on any atom is 2.00 e. The third-order valence-electron chi connectivity index (χ3n) is 2.11. The second-order valence-electron chi connectivity index (χ2n) is 3.27. The van der Waals surface area contributed by atoms with Gasteiger partial charge in [-0.2, -0.15) is 0 Å². The zero-order chi connectivity index (χ0) is 12.0. The molecule has 2 aliphatic heterocycles. The molecule has 2 amide bonds. The standard InChI is InChI=1S/2C5H7NO2.Cu/c2*7-5(8)6-3-1-2-4-6;/h2*1,3H,2,4H2,(H,7,8);/q;;+2/p-2. The maximum atomic E-state index is 9.97. The number of carboxylic acid groups (broad SMARTS) is 2. The van der Waals surface area contributed by atoms with E-state index >= 15 is 0 Å². The topological polar surface area (TPSA) is 86.7 Å². The van der Waals surface area contributed by atoms with Crippen molar-refractivity contribution >= 4 is 12.2 Å². The smallest absolute Gasteiger partial charge is 0.530 e. The van der Waals surface area contributed by atoms with Crippen LogP contribution in [0.4, 0.5) is 9.59 Å². The van der Waals surface area contributed by atoms with Gasteiger partial charge in [-0.1, -0.05) is 12.2 Å². The summed E-state index contributed by atoms with van der Waals surface area (Å²) in [6.07, 6.45) is 6.05. The van der Waals surface area contributed by atoms with E-state index in [0.717, 1.165) is 22.6 Å². The molecule has 0 bridgehead atoms. The van der Waals surface area contributed by atoms with Crippen molar-refractivity contribution < 1.29 is 36.9 Å². The van der Waals surface area contributed by atoms with E-state index in [4.69, 9.17) is 0 Å². The predicted octanol–water partition coefficient (Wildman–Crippen LogP) is -0.904. The minimum Gasteiger partial charge on any atom is -0.530 e. The molecule has 0 saturated carbocycles. The first kappa shape index (κ1) is 15.5. The van der Waals surface area contributed by atoms with Crippen LogP contribution in [-0.2, 0) is 17.1 Å². The molecule has 0 spiro atoms. The van der Waals surface area contributed by atoms with E-state index in [1.165, 1.54) is 12.4 Å². The number of nitrogens with zero attached hydrogens (tertiary/aromatic N) is 2. The van der Waals surface area contributed by atoms with Crippen molar-refractivity contribution in [3.63, 3.8) is 0 Å². The minimum absolute atomic E-state index is 0. The Morgan fingerprint density at radius 3 is 1.35 bits per heavy atom. The van der Waals surface area contributed by atoms with Gasteiger partial charge in [-0.25, -0.2) is 0 Å². The summed E-state index contributed by atoms with van der Waals surface area (Å²) in [7, 11) is 0. The fourth-order valence-electron chi connectivity index (χ4n) is 1.28. The summed E-state index contributed by atoms with van der Waals surface area (Å²) < 4.78 is 0. The molecule has 2 aliphatic rings. The molecule has 0 atom stereocenters. The molecule has 0 aromatic carbocycles. The van der Waals surface area contributed by atoms with Crippen LogP contribution in [0.25, 0.3) is 0 Å². The average Bonchev–Trinajstić information content (AvgIpc) is 2.93. The number of carbonyl (C=O) groups excluding carboxylic acids is 2. The zero-order valence-corrected chi connectivity index (χ0v) is 9.91. The van der Waals surface area contributed by atoms with Crippen molar-refractivity contribution in [2.45, 2.75) is 12.8 Å². The van der Waals surface area contributed by atoms with Gasteiger partial charge in [0.05, 0.1) is 0 Å². The Kier molecular flexibility index (Phi) is 7.09. The number of hydrogen-bond donors (Lipinski definition) is 0. The van der Waals surface area contributed by atoms with Crippen LogP contribution in [0.2, 0.25) is 0 Å². The molecule has 2 heterocycles. The summed E-state index contributed by atoms with van der Waals surface area (Å²) >= 11 is 0. The molecule has 0 fully saturated rings. The Morgan fingerprint density at radius 1 is 0.882 bits per heavy atom. The first-order chi connectivity index (χ1) is 7.61. The van der Waals surface area contributed by atoms with Crippen LogP contribution in [0, 0.1) is 0 Å². The van der Waals surface area contributed by atoms with Crippen molar-refractivity contribution in [3.8, 4) is 0 Å². The van der Waals surface area contributed by atoms with Crippen molar-refractivity contribution in [1.29, 1.82) is 0 Å². The SMILES string of the molecule is O=C([O-])N1C=CCC1.O=C([O-])N1C=CCC1.[Cu+2]. The first-order valence-corrected chi connectivity index (χ1v) is 4.90. The van der Waals surface area contributed by atoms with E-state index < -0.39 is 12.2 Å². The van der Waals surface area contributed by atoms with E-state index in [0.29, 0.717) is 13.1 Å². The second-order valence-corrected chi connectivity index (χ2v) is 3.27. The molecular weight excluding hydrogens is 276 g/mol. The van der Waals surface area contributed by atoms with Gasteiger partial charge in [-0.05, 0) is 12.8 Å². The van der Waals surface area contributed by atoms with Crippen molar-refractivity contribution in [2.75, 3.05) is 13.1 Å². The van der Waals surface area contributed by atoms with Crippen molar-refractivity contribution in [2.24, 2.45) is 0 Å². The molecular formula is C10H12CuN2O4. The summed E-state index contributed by atoms with van der Waals surface area (Å²) in [4.78, 5) is 22.2. The van der Waals surface area contributed by atoms with Gasteiger partial charge in [0.2, 0.25) is 0 Å². The van der Waals surface area contributed by atoms with Crippen LogP contribution in [0.1, 0.15) is 12.8 Å². The molecule has 0 unspecified atom stereocenters. The number of hydrogen-bond acceptors (Lipinski definition) is 4. The third-order valence-corrected chi connectivity index (χ3v) is 2.11. The van der Waals surface area contributed by atoms with Crippen LogP contribution >= 0.6 is 0 Å². The van der Waals surface area contributed by atoms with E-state index in [9.17, 15) is 19.8 Å². The predicted molar refractivity (Wildman–Crippen MR) is 51.7 cm³/mol. The van der Waals surface area contributed by atoms with Crippen LogP contribution in [0.5, 0.6) is 0 Å². The number of amides is 2. The van der Waals surface area contributed by atoms with Gasteiger partial charge in [0.25, 0.3) is 0 Å². The fourth-order valence-corrected chi connectivity index (χ4v) is 1.28. The molecule has 2 rings (SSSR count). The van der Waals surface area contributed by atoms with Crippen LogP contribution < -0.4 is 10.2 Å². The molecule has 0 aromatic heterocycles. The van der Waals surface area contributed by atoms with E-state index in [-0.39, 0.29) is 17.1 Å². The van der Waals surface area contributed by atoms with Crippen LogP contribution in [0.15, 0.2) is 24.6 Å². The Morgan fingerprint density at radius 2 is 1.24 bits per heavy atom. The first-order valence-electron chi connectivity index (χ1n) is 4.90. The number of carbonyl (C=O) groups is 2. The Hall–Kier alpha value is -1.46. The molecule has 1 radical (unpaired) electrons.